The van der Waals surface area contributed by atoms with Crippen LogP contribution in [0.5, 0.6) is 0 Å². The maximum Gasteiger partial charge on any atom is 0.267 e. The van der Waals surface area contributed by atoms with Gasteiger partial charge in [-0.1, -0.05) is 0 Å². The minimum atomic E-state index is -0.339. The molecule has 4 aromatic heterocycles. The van der Waals surface area contributed by atoms with Crippen LogP contribution in [0.25, 0.3) is 17.3 Å². The van der Waals surface area contributed by atoms with E-state index in [1.165, 1.54) is 29.7 Å². The first kappa shape index (κ1) is 19.6. The minimum Gasteiger partial charge on any atom is -0.463 e. The average Bonchev–Trinajstić information content (AvgIpc) is 3.55. The summed E-state index contributed by atoms with van der Waals surface area (Å²) in [6, 6.07) is 8.28. The molecule has 4 aromatic rings. The van der Waals surface area contributed by atoms with Gasteiger partial charge in [0.25, 0.3) is 5.56 Å². The molecule has 162 valence electrons. The molecule has 0 aliphatic carbocycles. The number of furan rings is 1. The molecule has 0 aromatic carbocycles. The number of carbonyl (C=O) groups is 1. The second-order valence-electron chi connectivity index (χ2n) is 7.13. The molecule has 12 heteroatoms. The van der Waals surface area contributed by atoms with Crippen LogP contribution in [0.3, 0.4) is 0 Å². The van der Waals surface area contributed by atoms with Crippen molar-refractivity contribution in [2.75, 3.05) is 31.1 Å². The molecular weight excluding hydrogens is 414 g/mol. The molecule has 1 fully saturated rings. The number of amides is 1. The lowest BCUT2D eigenvalue weighted by Crippen LogP contribution is -2.50. The Morgan fingerprint density at radius 1 is 1.03 bits per heavy atom. The predicted octanol–water partition coefficient (Wildman–Crippen LogP) is 0.223. The van der Waals surface area contributed by atoms with E-state index in [2.05, 4.69) is 30.0 Å². The Morgan fingerprint density at radius 3 is 2.62 bits per heavy atom. The van der Waals surface area contributed by atoms with Crippen LogP contribution in [0.1, 0.15) is 0 Å². The van der Waals surface area contributed by atoms with Crippen molar-refractivity contribution in [1.29, 1.82) is 0 Å². The molecule has 0 unspecified atom stereocenters. The Hall–Kier alpha value is -4.35. The van der Waals surface area contributed by atoms with Gasteiger partial charge in [-0.25, -0.2) is 24.3 Å². The van der Waals surface area contributed by atoms with Crippen LogP contribution in [0.2, 0.25) is 0 Å². The monoisotopic (exact) mass is 433 g/mol. The fraction of sp³-hybridized carbons (Fsp3) is 0.250. The van der Waals surface area contributed by atoms with Crippen LogP contribution in [0, 0.1) is 0 Å². The molecule has 1 saturated heterocycles. The molecule has 32 heavy (non-hydrogen) atoms. The number of hydrogen-bond acceptors (Lipinski definition) is 9. The lowest BCUT2D eigenvalue weighted by molar-refractivity contribution is -0.132. The summed E-state index contributed by atoms with van der Waals surface area (Å²) in [7, 11) is 0. The highest BCUT2D eigenvalue weighted by molar-refractivity contribution is 5.76. The van der Waals surface area contributed by atoms with Gasteiger partial charge in [0.15, 0.2) is 11.6 Å². The van der Waals surface area contributed by atoms with Crippen LogP contribution in [-0.2, 0) is 11.3 Å². The van der Waals surface area contributed by atoms with Gasteiger partial charge in [-0.2, -0.15) is 10.2 Å². The van der Waals surface area contributed by atoms with Crippen molar-refractivity contribution in [1.82, 2.24) is 39.4 Å². The number of nitrogens with zero attached hydrogens (tertiary/aromatic N) is 9. The van der Waals surface area contributed by atoms with Gasteiger partial charge >= 0.3 is 0 Å². The highest BCUT2D eigenvalue weighted by Gasteiger charge is 2.23. The first-order valence-electron chi connectivity index (χ1n) is 9.99. The number of carbonyl (C=O) groups excluding carboxylic acids is 1. The summed E-state index contributed by atoms with van der Waals surface area (Å²) in [5.74, 6) is 1.74. The van der Waals surface area contributed by atoms with Gasteiger partial charge in [0.05, 0.1) is 6.26 Å². The van der Waals surface area contributed by atoms with Crippen LogP contribution >= 0.6 is 0 Å². The zero-order valence-electron chi connectivity index (χ0n) is 17.0. The molecule has 5 heterocycles. The van der Waals surface area contributed by atoms with E-state index in [9.17, 15) is 9.59 Å². The van der Waals surface area contributed by atoms with E-state index in [1.54, 1.807) is 34.1 Å². The number of piperazine rings is 1. The van der Waals surface area contributed by atoms with Crippen LogP contribution in [0.4, 0.5) is 5.82 Å². The van der Waals surface area contributed by atoms with E-state index >= 15 is 0 Å². The second kappa shape index (κ2) is 8.41. The molecule has 0 N–H and O–H groups in total. The molecule has 0 atom stereocenters. The Kier molecular flexibility index (Phi) is 5.15. The molecule has 1 aliphatic heterocycles. The summed E-state index contributed by atoms with van der Waals surface area (Å²) in [5, 5.41) is 8.35. The third-order valence-electron chi connectivity index (χ3n) is 5.17. The van der Waals surface area contributed by atoms with E-state index in [0.29, 0.717) is 43.5 Å². The summed E-state index contributed by atoms with van der Waals surface area (Å²) in [4.78, 5) is 41.3. The van der Waals surface area contributed by atoms with Crippen molar-refractivity contribution in [2.24, 2.45) is 0 Å². The van der Waals surface area contributed by atoms with Gasteiger partial charge in [-0.05, 0) is 18.2 Å². The lowest BCUT2D eigenvalue weighted by atomic mass is 10.3. The van der Waals surface area contributed by atoms with E-state index in [0.717, 1.165) is 5.82 Å². The third-order valence-corrected chi connectivity index (χ3v) is 5.17. The number of anilines is 1. The third kappa shape index (κ3) is 3.97. The van der Waals surface area contributed by atoms with Crippen molar-refractivity contribution in [3.05, 3.63) is 65.9 Å². The Morgan fingerprint density at radius 2 is 1.88 bits per heavy atom. The topological polar surface area (TPSA) is 128 Å². The van der Waals surface area contributed by atoms with Crippen LogP contribution < -0.4 is 10.5 Å². The summed E-state index contributed by atoms with van der Waals surface area (Å²) in [6.07, 6.45) is 6.02. The molecule has 5 rings (SSSR count). The average molecular weight is 433 g/mol. The van der Waals surface area contributed by atoms with Gasteiger partial charge in [-0.3, -0.25) is 9.59 Å². The van der Waals surface area contributed by atoms with Crippen molar-refractivity contribution in [3.63, 3.8) is 0 Å². The van der Waals surface area contributed by atoms with Gasteiger partial charge in [0.2, 0.25) is 5.91 Å². The molecule has 1 aliphatic rings. The largest absolute Gasteiger partial charge is 0.463 e. The normalized spacial score (nSPS) is 14.0. The fourth-order valence-corrected chi connectivity index (χ4v) is 3.49. The summed E-state index contributed by atoms with van der Waals surface area (Å²) in [5.41, 5.74) is 0.160. The molecule has 12 nitrogen and oxygen atoms in total. The van der Waals surface area contributed by atoms with E-state index in [1.807, 2.05) is 6.07 Å². The minimum absolute atomic E-state index is 0.128. The number of hydrogen-bond donors (Lipinski definition) is 0. The molecular formula is C20H19N9O3. The SMILES string of the molecule is O=C(Cn1nc(-c2ccco2)ccc1=O)N1CCN(c2cc(-n3cncn3)ncn2)CC1. The van der Waals surface area contributed by atoms with Crippen LogP contribution in [-0.4, -0.2) is 71.5 Å². The second-order valence-corrected chi connectivity index (χ2v) is 7.13. The summed E-state index contributed by atoms with van der Waals surface area (Å²) < 4.78 is 8.05. The quantitative estimate of drug-likeness (QED) is 0.434. The number of rotatable bonds is 5. The zero-order chi connectivity index (χ0) is 21.9. The van der Waals surface area contributed by atoms with Gasteiger partial charge < -0.3 is 14.2 Å². The van der Waals surface area contributed by atoms with Crippen molar-refractivity contribution < 1.29 is 9.21 Å². The molecule has 0 spiro atoms. The molecule has 1 amide bonds. The maximum absolute atomic E-state index is 12.8. The zero-order valence-corrected chi connectivity index (χ0v) is 17.0. The van der Waals surface area contributed by atoms with Gasteiger partial charge in [0.1, 0.15) is 37.0 Å². The Balaban J connectivity index is 1.23. The van der Waals surface area contributed by atoms with Crippen LogP contribution in [0.15, 0.2) is 64.8 Å². The maximum atomic E-state index is 12.8. The van der Waals surface area contributed by atoms with Crippen molar-refractivity contribution >= 4 is 11.7 Å². The highest BCUT2D eigenvalue weighted by atomic mass is 16.3. The standard InChI is InChI=1S/C20H19N9O3/c30-19-4-3-15(16-2-1-9-32-16)25-28(19)11-20(31)27-7-5-26(6-8-27)17-10-18(23-13-22-17)29-14-21-12-24-29/h1-4,9-10,12-14H,5-8,11H2. The van der Waals surface area contributed by atoms with Crippen molar-refractivity contribution in [3.8, 4) is 17.3 Å². The number of aromatic nitrogens is 7. The lowest BCUT2D eigenvalue weighted by Gasteiger charge is -2.35. The van der Waals surface area contributed by atoms with Gasteiger partial charge in [0, 0.05) is 38.3 Å². The molecule has 0 bridgehead atoms. The Bertz CT molecular complexity index is 1260. The van der Waals surface area contributed by atoms with E-state index < -0.39 is 0 Å². The molecule has 0 radical (unpaired) electrons. The Labute approximate surface area is 181 Å². The summed E-state index contributed by atoms with van der Waals surface area (Å²) >= 11 is 0. The van der Waals surface area contributed by atoms with Crippen molar-refractivity contribution in [2.45, 2.75) is 6.54 Å². The van der Waals surface area contributed by atoms with Gasteiger partial charge in [-0.15, -0.1) is 0 Å². The predicted molar refractivity (Wildman–Crippen MR) is 112 cm³/mol. The molecule has 0 saturated carbocycles. The highest BCUT2D eigenvalue weighted by Crippen LogP contribution is 2.17. The smallest absolute Gasteiger partial charge is 0.267 e. The van der Waals surface area contributed by atoms with E-state index in [4.69, 9.17) is 4.42 Å². The first-order chi connectivity index (χ1) is 15.7. The summed E-state index contributed by atoms with van der Waals surface area (Å²) in [6.45, 7) is 2.10. The fourth-order valence-electron chi connectivity index (χ4n) is 3.49. The van der Waals surface area contributed by atoms with E-state index in [-0.39, 0.29) is 18.0 Å². The first-order valence-corrected chi connectivity index (χ1v) is 9.99.